The lowest BCUT2D eigenvalue weighted by molar-refractivity contribution is 0.414. The Balaban J connectivity index is 2.56. The van der Waals surface area contributed by atoms with E-state index in [0.717, 1.165) is 18.4 Å². The summed E-state index contributed by atoms with van der Waals surface area (Å²) in [6, 6.07) is 11.2. The van der Waals surface area contributed by atoms with E-state index in [-0.39, 0.29) is 5.82 Å². The molecule has 0 heterocycles. The highest BCUT2D eigenvalue weighted by atomic mass is 19.1. The van der Waals surface area contributed by atoms with Gasteiger partial charge in [0.15, 0.2) is 0 Å². The standard InChI is InChI=1S/C19H23FO/c1-5-14-6-8-17(15(11-14)10-13(2)3)18-12-16(21-4)7-9-19(18)20/h6-9,11-13H,5,10H2,1-4H3. The molecule has 0 aliphatic rings. The second-order valence-corrected chi connectivity index (χ2v) is 5.79. The fourth-order valence-corrected chi connectivity index (χ4v) is 2.58. The molecule has 2 rings (SSSR count). The third-order valence-corrected chi connectivity index (χ3v) is 3.67. The number of aryl methyl sites for hydroxylation is 1. The minimum Gasteiger partial charge on any atom is -0.497 e. The van der Waals surface area contributed by atoms with Crippen LogP contribution >= 0.6 is 0 Å². The number of rotatable bonds is 5. The highest BCUT2D eigenvalue weighted by Gasteiger charge is 2.13. The molecule has 0 aliphatic carbocycles. The summed E-state index contributed by atoms with van der Waals surface area (Å²) in [4.78, 5) is 0. The molecule has 0 spiro atoms. The summed E-state index contributed by atoms with van der Waals surface area (Å²) in [7, 11) is 1.60. The summed E-state index contributed by atoms with van der Waals surface area (Å²) in [5.74, 6) is 1.01. The van der Waals surface area contributed by atoms with E-state index in [9.17, 15) is 4.39 Å². The van der Waals surface area contributed by atoms with Crippen molar-refractivity contribution in [3.8, 4) is 16.9 Å². The van der Waals surface area contributed by atoms with Crippen LogP contribution in [0.1, 0.15) is 31.9 Å². The van der Waals surface area contributed by atoms with Gasteiger partial charge in [0.05, 0.1) is 7.11 Å². The Bertz CT molecular complexity index is 617. The molecule has 1 nitrogen and oxygen atoms in total. The first kappa shape index (κ1) is 15.6. The zero-order valence-corrected chi connectivity index (χ0v) is 13.2. The predicted molar refractivity (Wildman–Crippen MR) is 86.3 cm³/mol. The lowest BCUT2D eigenvalue weighted by atomic mass is 9.91. The van der Waals surface area contributed by atoms with E-state index in [1.54, 1.807) is 19.2 Å². The zero-order valence-electron chi connectivity index (χ0n) is 13.2. The van der Waals surface area contributed by atoms with Gasteiger partial charge in [-0.1, -0.05) is 39.0 Å². The number of methoxy groups -OCH3 is 1. The molecule has 0 unspecified atom stereocenters. The average Bonchev–Trinajstić information content (AvgIpc) is 2.47. The maximum atomic E-state index is 14.2. The lowest BCUT2D eigenvalue weighted by Gasteiger charge is -2.15. The molecule has 0 N–H and O–H groups in total. The first-order valence-corrected chi connectivity index (χ1v) is 7.50. The Morgan fingerprint density at radius 1 is 1.05 bits per heavy atom. The SMILES string of the molecule is CCc1ccc(-c2cc(OC)ccc2F)c(CC(C)C)c1. The molecule has 2 heteroatoms. The van der Waals surface area contributed by atoms with Crippen LogP contribution in [0.5, 0.6) is 5.75 Å². The van der Waals surface area contributed by atoms with E-state index in [1.807, 2.05) is 6.07 Å². The van der Waals surface area contributed by atoms with E-state index >= 15 is 0 Å². The quantitative estimate of drug-likeness (QED) is 0.728. The Morgan fingerprint density at radius 2 is 1.81 bits per heavy atom. The van der Waals surface area contributed by atoms with Crippen LogP contribution in [0.4, 0.5) is 4.39 Å². The molecule has 0 fully saturated rings. The molecule has 0 bridgehead atoms. The van der Waals surface area contributed by atoms with E-state index < -0.39 is 0 Å². The van der Waals surface area contributed by atoms with Gasteiger partial charge in [-0.25, -0.2) is 4.39 Å². The van der Waals surface area contributed by atoms with Gasteiger partial charge in [-0.3, -0.25) is 0 Å². The van der Waals surface area contributed by atoms with Crippen LogP contribution in [0.15, 0.2) is 36.4 Å². The summed E-state index contributed by atoms with van der Waals surface area (Å²) in [6.45, 7) is 6.51. The minimum atomic E-state index is -0.204. The van der Waals surface area contributed by atoms with E-state index in [2.05, 4.69) is 32.9 Å². The Labute approximate surface area is 126 Å². The molecule has 0 saturated carbocycles. The number of halogens is 1. The summed E-state index contributed by atoms with van der Waals surface area (Å²) in [5, 5.41) is 0. The molecule has 0 aliphatic heterocycles. The van der Waals surface area contributed by atoms with Crippen LogP contribution in [0.2, 0.25) is 0 Å². The fraction of sp³-hybridized carbons (Fsp3) is 0.368. The van der Waals surface area contributed by atoms with Crippen molar-refractivity contribution in [2.45, 2.75) is 33.6 Å². The predicted octanol–water partition coefficient (Wildman–Crippen LogP) is 5.26. The topological polar surface area (TPSA) is 9.23 Å². The molecular weight excluding hydrogens is 263 g/mol. The highest BCUT2D eigenvalue weighted by Crippen LogP contribution is 2.31. The maximum absolute atomic E-state index is 14.2. The van der Waals surface area contributed by atoms with Gasteiger partial charge >= 0.3 is 0 Å². The zero-order chi connectivity index (χ0) is 15.4. The van der Waals surface area contributed by atoms with Crippen molar-refractivity contribution in [3.05, 3.63) is 53.3 Å². The summed E-state index contributed by atoms with van der Waals surface area (Å²) < 4.78 is 19.5. The third kappa shape index (κ3) is 3.63. The van der Waals surface area contributed by atoms with Gasteiger partial charge in [0.2, 0.25) is 0 Å². The molecule has 0 radical (unpaired) electrons. The smallest absolute Gasteiger partial charge is 0.131 e. The van der Waals surface area contributed by atoms with Crippen molar-refractivity contribution in [3.63, 3.8) is 0 Å². The van der Waals surface area contributed by atoms with Gasteiger partial charge < -0.3 is 4.74 Å². The van der Waals surface area contributed by atoms with Crippen molar-refractivity contribution >= 4 is 0 Å². The Kier molecular flexibility index (Phi) is 5.00. The molecular formula is C19H23FO. The van der Waals surface area contributed by atoms with Gasteiger partial charge in [0.1, 0.15) is 11.6 Å². The van der Waals surface area contributed by atoms with E-state index in [0.29, 0.717) is 17.2 Å². The highest BCUT2D eigenvalue weighted by molar-refractivity contribution is 5.70. The molecule has 112 valence electrons. The van der Waals surface area contributed by atoms with Crippen LogP contribution in [0.25, 0.3) is 11.1 Å². The van der Waals surface area contributed by atoms with Gasteiger partial charge in [-0.15, -0.1) is 0 Å². The van der Waals surface area contributed by atoms with Crippen LogP contribution < -0.4 is 4.74 Å². The first-order valence-electron chi connectivity index (χ1n) is 7.50. The van der Waals surface area contributed by atoms with Crippen molar-refractivity contribution in [1.29, 1.82) is 0 Å². The van der Waals surface area contributed by atoms with Gasteiger partial charge in [0.25, 0.3) is 0 Å². The van der Waals surface area contributed by atoms with Crippen LogP contribution in [-0.2, 0) is 12.8 Å². The van der Waals surface area contributed by atoms with Crippen LogP contribution in [-0.4, -0.2) is 7.11 Å². The lowest BCUT2D eigenvalue weighted by Crippen LogP contribution is -2.00. The number of ether oxygens (including phenoxy) is 1. The summed E-state index contributed by atoms with van der Waals surface area (Å²) in [5.41, 5.74) is 4.08. The fourth-order valence-electron chi connectivity index (χ4n) is 2.58. The molecule has 0 aromatic heterocycles. The average molecular weight is 286 g/mol. The Morgan fingerprint density at radius 3 is 2.43 bits per heavy atom. The number of benzene rings is 2. The van der Waals surface area contributed by atoms with Gasteiger partial charge in [-0.05, 0) is 53.6 Å². The van der Waals surface area contributed by atoms with Crippen molar-refractivity contribution < 1.29 is 9.13 Å². The van der Waals surface area contributed by atoms with Gasteiger partial charge in [0, 0.05) is 5.56 Å². The van der Waals surface area contributed by atoms with Gasteiger partial charge in [-0.2, -0.15) is 0 Å². The molecule has 2 aromatic carbocycles. The third-order valence-electron chi connectivity index (χ3n) is 3.67. The van der Waals surface area contributed by atoms with Crippen molar-refractivity contribution in [2.75, 3.05) is 7.11 Å². The number of hydrogen-bond donors (Lipinski definition) is 0. The summed E-state index contributed by atoms with van der Waals surface area (Å²) >= 11 is 0. The van der Waals surface area contributed by atoms with Crippen LogP contribution in [0, 0.1) is 11.7 Å². The monoisotopic (exact) mass is 286 g/mol. The molecule has 0 saturated heterocycles. The second kappa shape index (κ2) is 6.75. The molecule has 2 aromatic rings. The Hall–Kier alpha value is -1.83. The summed E-state index contributed by atoms with van der Waals surface area (Å²) in [6.07, 6.45) is 1.94. The second-order valence-electron chi connectivity index (χ2n) is 5.79. The molecule has 0 amide bonds. The number of hydrogen-bond acceptors (Lipinski definition) is 1. The van der Waals surface area contributed by atoms with Crippen molar-refractivity contribution in [1.82, 2.24) is 0 Å². The van der Waals surface area contributed by atoms with E-state index in [4.69, 9.17) is 4.74 Å². The van der Waals surface area contributed by atoms with E-state index in [1.165, 1.54) is 17.2 Å². The van der Waals surface area contributed by atoms with Crippen LogP contribution in [0.3, 0.4) is 0 Å². The minimum absolute atomic E-state index is 0.204. The maximum Gasteiger partial charge on any atom is 0.131 e. The normalized spacial score (nSPS) is 11.0. The molecule has 21 heavy (non-hydrogen) atoms. The molecule has 0 atom stereocenters. The van der Waals surface area contributed by atoms with Crippen molar-refractivity contribution in [2.24, 2.45) is 5.92 Å². The largest absolute Gasteiger partial charge is 0.497 e. The first-order chi connectivity index (χ1) is 10.0.